The molecule has 0 aliphatic rings. The van der Waals surface area contributed by atoms with Crippen LogP contribution in [0.1, 0.15) is 16.1 Å². The zero-order valence-electron chi connectivity index (χ0n) is 10.5. The van der Waals surface area contributed by atoms with Crippen molar-refractivity contribution < 1.29 is 14.4 Å². The van der Waals surface area contributed by atoms with Gasteiger partial charge in [0.2, 0.25) is 0 Å². The largest absolute Gasteiger partial charge is 0.409 e. The fraction of sp³-hybridized carbons (Fsp3) is 0. The van der Waals surface area contributed by atoms with Crippen molar-refractivity contribution in [2.75, 3.05) is 5.32 Å². The van der Waals surface area contributed by atoms with Gasteiger partial charge in [-0.15, -0.1) is 0 Å². The lowest BCUT2D eigenvalue weighted by Gasteiger charge is -2.08. The van der Waals surface area contributed by atoms with Crippen LogP contribution in [0.3, 0.4) is 0 Å². The molecule has 1 amide bonds. The lowest BCUT2D eigenvalue weighted by atomic mass is 10.2. The molecular weight excluding hydrogens is 343 g/mol. The molecule has 0 saturated heterocycles. The van der Waals surface area contributed by atoms with Gasteiger partial charge < -0.3 is 16.3 Å². The summed E-state index contributed by atoms with van der Waals surface area (Å²) in [6, 6.07) is 7.10. The zero-order chi connectivity index (χ0) is 15.4. The molecule has 0 spiro atoms. The second-order valence-electron chi connectivity index (χ2n) is 3.97. The molecule has 2 aromatic rings. The predicted molar refractivity (Wildman–Crippen MR) is 78.8 cm³/mol. The number of oxime groups is 1. The molecule has 1 aromatic carbocycles. The van der Waals surface area contributed by atoms with Crippen molar-refractivity contribution in [3.05, 3.63) is 58.1 Å². The number of rotatable bonds is 3. The van der Waals surface area contributed by atoms with E-state index in [4.69, 9.17) is 10.9 Å². The molecule has 0 bridgehead atoms. The van der Waals surface area contributed by atoms with E-state index in [1.54, 1.807) is 12.1 Å². The number of amidine groups is 1. The summed E-state index contributed by atoms with van der Waals surface area (Å²) in [6.45, 7) is 0. The van der Waals surface area contributed by atoms with Gasteiger partial charge in [-0.1, -0.05) is 5.16 Å². The Bertz CT molecular complexity index is 721. The smallest absolute Gasteiger partial charge is 0.275 e. The Kier molecular flexibility index (Phi) is 4.49. The number of hydrogen-bond acceptors (Lipinski definition) is 4. The highest BCUT2D eigenvalue weighted by molar-refractivity contribution is 9.10. The number of amides is 1. The minimum Gasteiger partial charge on any atom is -0.409 e. The molecule has 0 radical (unpaired) electrons. The second kappa shape index (κ2) is 6.31. The number of anilines is 1. The van der Waals surface area contributed by atoms with Gasteiger partial charge in [0.05, 0.1) is 5.69 Å². The van der Waals surface area contributed by atoms with Crippen molar-refractivity contribution in [2.24, 2.45) is 10.9 Å². The summed E-state index contributed by atoms with van der Waals surface area (Å²) in [5.41, 5.74) is 5.66. The van der Waals surface area contributed by atoms with Gasteiger partial charge in [0.1, 0.15) is 11.5 Å². The summed E-state index contributed by atoms with van der Waals surface area (Å²) < 4.78 is 14.4. The zero-order valence-corrected chi connectivity index (χ0v) is 12.1. The number of nitrogens with one attached hydrogen (secondary N) is 1. The Morgan fingerprint density at radius 1 is 1.43 bits per heavy atom. The number of pyridine rings is 1. The van der Waals surface area contributed by atoms with Gasteiger partial charge in [-0.25, -0.2) is 9.37 Å². The summed E-state index contributed by atoms with van der Waals surface area (Å²) in [5.74, 6) is -1.49. The van der Waals surface area contributed by atoms with Gasteiger partial charge in [0, 0.05) is 16.2 Å². The van der Waals surface area contributed by atoms with E-state index in [2.05, 4.69) is 31.4 Å². The number of carbonyl (C=O) groups excluding carboxylic acids is 1. The minimum atomic E-state index is -0.709. The number of carbonyl (C=O) groups is 1. The Labute approximate surface area is 127 Å². The monoisotopic (exact) mass is 352 g/mol. The maximum absolute atomic E-state index is 13.9. The van der Waals surface area contributed by atoms with Crippen LogP contribution in [0, 0.1) is 5.82 Å². The van der Waals surface area contributed by atoms with Gasteiger partial charge >= 0.3 is 0 Å². The van der Waals surface area contributed by atoms with Crippen molar-refractivity contribution in [1.29, 1.82) is 0 Å². The average molecular weight is 353 g/mol. The first kappa shape index (κ1) is 14.9. The third-order valence-corrected chi connectivity index (χ3v) is 3.23. The molecule has 0 fully saturated rings. The Hall–Kier alpha value is -2.48. The van der Waals surface area contributed by atoms with Gasteiger partial charge in [0.25, 0.3) is 5.91 Å². The first-order chi connectivity index (χ1) is 10.0. The highest BCUT2D eigenvalue weighted by atomic mass is 79.9. The molecule has 0 aliphatic heterocycles. The van der Waals surface area contributed by atoms with Gasteiger partial charge in [-0.3, -0.25) is 4.79 Å². The lowest BCUT2D eigenvalue weighted by Crippen LogP contribution is -2.17. The van der Waals surface area contributed by atoms with Crippen LogP contribution in [-0.2, 0) is 0 Å². The first-order valence-electron chi connectivity index (χ1n) is 5.72. The molecular formula is C13H10BrFN4O2. The van der Waals surface area contributed by atoms with Crippen molar-refractivity contribution in [1.82, 2.24) is 4.98 Å². The molecule has 0 unspecified atom stereocenters. The summed E-state index contributed by atoms with van der Waals surface area (Å²) in [5, 5.41) is 13.7. The van der Waals surface area contributed by atoms with Crippen LogP contribution >= 0.6 is 15.9 Å². The van der Waals surface area contributed by atoms with Crippen LogP contribution in [0.25, 0.3) is 0 Å². The van der Waals surface area contributed by atoms with Gasteiger partial charge in [0.15, 0.2) is 5.84 Å². The maximum atomic E-state index is 13.9. The predicted octanol–water partition coefficient (Wildman–Crippen LogP) is 2.33. The van der Waals surface area contributed by atoms with Crippen LogP contribution in [0.4, 0.5) is 10.1 Å². The molecule has 4 N–H and O–H groups in total. The number of aromatic nitrogens is 1. The van der Waals surface area contributed by atoms with Crippen LogP contribution < -0.4 is 11.1 Å². The van der Waals surface area contributed by atoms with Gasteiger partial charge in [-0.2, -0.15) is 0 Å². The topological polar surface area (TPSA) is 101 Å². The van der Waals surface area contributed by atoms with Gasteiger partial charge in [-0.05, 0) is 46.3 Å². The summed E-state index contributed by atoms with van der Waals surface area (Å²) in [7, 11) is 0. The third kappa shape index (κ3) is 3.34. The van der Waals surface area contributed by atoms with Crippen LogP contribution in [0.15, 0.2) is 46.2 Å². The van der Waals surface area contributed by atoms with Crippen molar-refractivity contribution in [2.45, 2.75) is 0 Å². The number of nitrogens with zero attached hydrogens (tertiary/aromatic N) is 2. The van der Waals surface area contributed by atoms with E-state index in [-0.39, 0.29) is 22.8 Å². The van der Waals surface area contributed by atoms with E-state index in [0.29, 0.717) is 4.47 Å². The van der Waals surface area contributed by atoms with Crippen molar-refractivity contribution in [3.63, 3.8) is 0 Å². The minimum absolute atomic E-state index is 0.0351. The van der Waals surface area contributed by atoms with Crippen molar-refractivity contribution >= 4 is 33.4 Å². The molecule has 21 heavy (non-hydrogen) atoms. The van der Waals surface area contributed by atoms with Crippen molar-refractivity contribution in [3.8, 4) is 0 Å². The maximum Gasteiger partial charge on any atom is 0.275 e. The van der Waals surface area contributed by atoms with Crippen LogP contribution in [-0.4, -0.2) is 21.9 Å². The molecule has 1 heterocycles. The molecule has 0 saturated carbocycles. The van der Waals surface area contributed by atoms with E-state index < -0.39 is 11.7 Å². The lowest BCUT2D eigenvalue weighted by molar-refractivity contribution is 0.102. The summed E-state index contributed by atoms with van der Waals surface area (Å²) in [4.78, 5) is 15.9. The third-order valence-electron chi connectivity index (χ3n) is 2.59. The normalized spacial score (nSPS) is 11.2. The number of benzene rings is 1. The molecule has 1 aromatic heterocycles. The highest BCUT2D eigenvalue weighted by Gasteiger charge is 2.14. The fourth-order valence-corrected chi connectivity index (χ4v) is 2.00. The molecule has 108 valence electrons. The van der Waals surface area contributed by atoms with E-state index >= 15 is 0 Å². The molecule has 2 rings (SSSR count). The van der Waals surface area contributed by atoms with E-state index in [9.17, 15) is 9.18 Å². The van der Waals surface area contributed by atoms with Crippen LogP contribution in [0.5, 0.6) is 0 Å². The molecule has 0 aliphatic carbocycles. The van der Waals surface area contributed by atoms with E-state index in [1.807, 2.05) is 0 Å². The number of nitrogens with two attached hydrogens (primary N) is 1. The first-order valence-corrected chi connectivity index (χ1v) is 6.51. The fourth-order valence-electron chi connectivity index (χ4n) is 1.57. The quantitative estimate of drug-likeness (QED) is 0.341. The second-order valence-corrected chi connectivity index (χ2v) is 4.82. The SMILES string of the molecule is N/C(=N/O)c1ccc(NC(=O)c2ncccc2Br)c(F)c1. The van der Waals surface area contributed by atoms with E-state index in [0.717, 1.165) is 6.07 Å². The van der Waals surface area contributed by atoms with Crippen LogP contribution in [0.2, 0.25) is 0 Å². The molecule has 6 nitrogen and oxygen atoms in total. The Morgan fingerprint density at radius 2 is 2.19 bits per heavy atom. The highest BCUT2D eigenvalue weighted by Crippen LogP contribution is 2.19. The number of hydrogen-bond donors (Lipinski definition) is 3. The summed E-state index contributed by atoms with van der Waals surface area (Å²) >= 11 is 3.19. The Balaban J connectivity index is 2.25. The van der Waals surface area contributed by atoms with E-state index in [1.165, 1.54) is 18.3 Å². The summed E-state index contributed by atoms with van der Waals surface area (Å²) in [6.07, 6.45) is 1.46. The molecule has 0 atom stereocenters. The number of halogens is 2. The molecule has 8 heteroatoms. The average Bonchev–Trinajstić information content (AvgIpc) is 2.48. The Morgan fingerprint density at radius 3 is 2.81 bits per heavy atom. The standard InChI is InChI=1S/C13H10BrFN4O2/c14-8-2-1-5-17-11(8)13(20)18-10-4-3-7(6-9(10)15)12(16)19-21/h1-6,21H,(H2,16,19)(H,18,20).